The molecule has 0 radical (unpaired) electrons. The topological polar surface area (TPSA) is 37.8 Å². The van der Waals surface area contributed by atoms with E-state index in [1.165, 1.54) is 6.07 Å². The summed E-state index contributed by atoms with van der Waals surface area (Å²) in [6.07, 6.45) is 2.42. The Balaban J connectivity index is 2.07. The number of nitrogens with zero attached hydrogens (tertiary/aromatic N) is 2. The molecule has 0 unspecified atom stereocenters. The second kappa shape index (κ2) is 5.25. The Morgan fingerprint density at radius 1 is 1.10 bits per heavy atom. The minimum Gasteiger partial charge on any atom is -0.337 e. The highest BCUT2D eigenvalue weighted by Crippen LogP contribution is 2.28. The molecule has 0 atom stereocenters. The Hall–Kier alpha value is -2.49. The molecule has 100 valence electrons. The van der Waals surface area contributed by atoms with Gasteiger partial charge in [0.05, 0.1) is 5.69 Å². The highest BCUT2D eigenvalue weighted by molar-refractivity contribution is 5.95. The second-order valence-corrected chi connectivity index (χ2v) is 4.48. The van der Waals surface area contributed by atoms with Gasteiger partial charge in [-0.2, -0.15) is 0 Å². The van der Waals surface area contributed by atoms with E-state index in [0.717, 1.165) is 23.0 Å². The lowest BCUT2D eigenvalue weighted by atomic mass is 10.1. The average Bonchev–Trinajstić information content (AvgIpc) is 2.50. The van der Waals surface area contributed by atoms with Crippen molar-refractivity contribution in [1.82, 2.24) is 9.97 Å². The molecule has 1 heterocycles. The molecule has 0 aliphatic heterocycles. The first-order chi connectivity index (χ1) is 9.78. The van der Waals surface area contributed by atoms with Crippen molar-refractivity contribution in [2.45, 2.75) is 13.3 Å². The molecule has 0 saturated heterocycles. The normalized spacial score (nSPS) is 10.7. The number of rotatable bonds is 3. The van der Waals surface area contributed by atoms with Crippen LogP contribution in [0.2, 0.25) is 0 Å². The highest BCUT2D eigenvalue weighted by atomic mass is 19.1. The van der Waals surface area contributed by atoms with Crippen molar-refractivity contribution >= 4 is 22.3 Å². The molecule has 3 nitrogen and oxygen atoms in total. The molecule has 0 saturated carbocycles. The van der Waals surface area contributed by atoms with Crippen LogP contribution in [0.15, 0.2) is 48.7 Å². The lowest BCUT2D eigenvalue weighted by molar-refractivity contribution is 0.633. The molecule has 0 fully saturated rings. The van der Waals surface area contributed by atoms with Gasteiger partial charge in [-0.25, -0.2) is 14.4 Å². The fraction of sp³-hybridized carbons (Fsp3) is 0.125. The zero-order chi connectivity index (χ0) is 13.9. The zero-order valence-electron chi connectivity index (χ0n) is 11.1. The molecule has 20 heavy (non-hydrogen) atoms. The smallest absolute Gasteiger partial charge is 0.147 e. The summed E-state index contributed by atoms with van der Waals surface area (Å²) in [5, 5.41) is 4.89. The van der Waals surface area contributed by atoms with E-state index in [1.54, 1.807) is 18.3 Å². The summed E-state index contributed by atoms with van der Waals surface area (Å²) in [4.78, 5) is 8.48. The van der Waals surface area contributed by atoms with Crippen molar-refractivity contribution in [1.29, 1.82) is 0 Å². The third-order valence-electron chi connectivity index (χ3n) is 3.15. The van der Waals surface area contributed by atoms with Gasteiger partial charge in [0.2, 0.25) is 0 Å². The van der Waals surface area contributed by atoms with E-state index in [1.807, 2.05) is 31.2 Å². The van der Waals surface area contributed by atoms with Crippen LogP contribution in [0.25, 0.3) is 10.8 Å². The number of halogens is 1. The second-order valence-electron chi connectivity index (χ2n) is 4.48. The number of benzene rings is 2. The predicted octanol–water partition coefficient (Wildman–Crippen LogP) is 4.07. The van der Waals surface area contributed by atoms with E-state index >= 15 is 0 Å². The van der Waals surface area contributed by atoms with Crippen LogP contribution in [0, 0.1) is 5.82 Å². The summed E-state index contributed by atoms with van der Waals surface area (Å²) in [5.41, 5.74) is 0.448. The largest absolute Gasteiger partial charge is 0.337 e. The van der Waals surface area contributed by atoms with Crippen molar-refractivity contribution in [3.05, 3.63) is 60.3 Å². The summed E-state index contributed by atoms with van der Waals surface area (Å²) in [6.45, 7) is 1.98. The number of anilines is 2. The fourth-order valence-electron chi connectivity index (χ4n) is 2.14. The Morgan fingerprint density at radius 3 is 2.80 bits per heavy atom. The van der Waals surface area contributed by atoms with Crippen molar-refractivity contribution in [2.75, 3.05) is 5.32 Å². The lowest BCUT2D eigenvalue weighted by Gasteiger charge is -2.10. The summed E-state index contributed by atoms with van der Waals surface area (Å²) in [6, 6.07) is 12.6. The number of aryl methyl sites for hydroxylation is 1. The van der Waals surface area contributed by atoms with Crippen LogP contribution in [0.4, 0.5) is 15.9 Å². The van der Waals surface area contributed by atoms with Crippen LogP contribution in [0.1, 0.15) is 12.7 Å². The Kier molecular flexibility index (Phi) is 3.29. The first-order valence-electron chi connectivity index (χ1n) is 6.54. The van der Waals surface area contributed by atoms with Crippen LogP contribution >= 0.6 is 0 Å². The number of hydrogen-bond acceptors (Lipinski definition) is 3. The molecule has 3 aromatic rings. The number of fused-ring (bicyclic) bond motifs is 1. The standard InChI is InChI=1S/C16H14FN3/c1-2-14-18-10-9-15(19-14)20-16-12-6-4-3-5-11(12)7-8-13(16)17/h3-10H,2H2,1H3,(H,18,19,20). The highest BCUT2D eigenvalue weighted by Gasteiger charge is 2.08. The van der Waals surface area contributed by atoms with Crippen LogP contribution < -0.4 is 5.32 Å². The first-order valence-corrected chi connectivity index (χ1v) is 6.54. The maximum Gasteiger partial charge on any atom is 0.147 e. The van der Waals surface area contributed by atoms with Gasteiger partial charge < -0.3 is 5.32 Å². The van der Waals surface area contributed by atoms with E-state index in [4.69, 9.17) is 0 Å². The molecule has 1 N–H and O–H groups in total. The van der Waals surface area contributed by atoms with Crippen molar-refractivity contribution < 1.29 is 4.39 Å². The third kappa shape index (κ3) is 2.32. The monoisotopic (exact) mass is 267 g/mol. The van der Waals surface area contributed by atoms with Gasteiger partial charge in [0.1, 0.15) is 17.5 Å². The Morgan fingerprint density at radius 2 is 1.95 bits per heavy atom. The van der Waals surface area contributed by atoms with Crippen LogP contribution in [0.5, 0.6) is 0 Å². The molecule has 2 aromatic carbocycles. The molecular formula is C16H14FN3. The molecule has 4 heteroatoms. The average molecular weight is 267 g/mol. The molecule has 0 bridgehead atoms. The quantitative estimate of drug-likeness (QED) is 0.777. The van der Waals surface area contributed by atoms with E-state index in [0.29, 0.717) is 11.5 Å². The first kappa shape index (κ1) is 12.5. The number of nitrogens with one attached hydrogen (secondary N) is 1. The third-order valence-corrected chi connectivity index (χ3v) is 3.15. The summed E-state index contributed by atoms with van der Waals surface area (Å²) in [5.74, 6) is 1.04. The molecule has 3 rings (SSSR count). The predicted molar refractivity (Wildman–Crippen MR) is 78.6 cm³/mol. The molecule has 0 aliphatic rings. The van der Waals surface area contributed by atoms with Crippen LogP contribution in [-0.2, 0) is 6.42 Å². The van der Waals surface area contributed by atoms with E-state index < -0.39 is 0 Å². The Bertz CT molecular complexity index is 756. The molecular weight excluding hydrogens is 253 g/mol. The van der Waals surface area contributed by atoms with E-state index in [9.17, 15) is 4.39 Å². The SMILES string of the molecule is CCc1nccc(Nc2c(F)ccc3ccccc23)n1. The fourth-order valence-corrected chi connectivity index (χ4v) is 2.14. The molecule has 1 aromatic heterocycles. The maximum atomic E-state index is 14.1. The van der Waals surface area contributed by atoms with Gasteiger partial charge in [0.15, 0.2) is 0 Å². The summed E-state index contributed by atoms with van der Waals surface area (Å²) < 4.78 is 14.1. The van der Waals surface area contributed by atoms with Gasteiger partial charge in [0, 0.05) is 18.0 Å². The minimum absolute atomic E-state index is 0.291. The summed E-state index contributed by atoms with van der Waals surface area (Å²) in [7, 11) is 0. The minimum atomic E-state index is -0.291. The Labute approximate surface area is 116 Å². The number of hydrogen-bond donors (Lipinski definition) is 1. The van der Waals surface area contributed by atoms with Gasteiger partial charge in [-0.1, -0.05) is 37.3 Å². The van der Waals surface area contributed by atoms with Gasteiger partial charge in [-0.3, -0.25) is 0 Å². The van der Waals surface area contributed by atoms with Crippen molar-refractivity contribution in [2.24, 2.45) is 0 Å². The van der Waals surface area contributed by atoms with E-state index in [2.05, 4.69) is 15.3 Å². The van der Waals surface area contributed by atoms with Gasteiger partial charge in [-0.05, 0) is 17.5 Å². The van der Waals surface area contributed by atoms with Gasteiger partial charge in [-0.15, -0.1) is 0 Å². The molecule has 0 amide bonds. The molecule has 0 spiro atoms. The number of aromatic nitrogens is 2. The van der Waals surface area contributed by atoms with Gasteiger partial charge in [0.25, 0.3) is 0 Å². The van der Waals surface area contributed by atoms with Crippen LogP contribution in [-0.4, -0.2) is 9.97 Å². The van der Waals surface area contributed by atoms with Crippen LogP contribution in [0.3, 0.4) is 0 Å². The van der Waals surface area contributed by atoms with E-state index in [-0.39, 0.29) is 5.82 Å². The lowest BCUT2D eigenvalue weighted by Crippen LogP contribution is -2.00. The van der Waals surface area contributed by atoms with Crippen molar-refractivity contribution in [3.63, 3.8) is 0 Å². The molecule has 0 aliphatic carbocycles. The maximum absolute atomic E-state index is 14.1. The van der Waals surface area contributed by atoms with Gasteiger partial charge >= 0.3 is 0 Å². The van der Waals surface area contributed by atoms with Crippen molar-refractivity contribution in [3.8, 4) is 0 Å². The zero-order valence-corrected chi connectivity index (χ0v) is 11.1. The summed E-state index contributed by atoms with van der Waals surface area (Å²) >= 11 is 0.